The van der Waals surface area contributed by atoms with Gasteiger partial charge < -0.3 is 9.64 Å². The van der Waals surface area contributed by atoms with E-state index in [1.165, 1.54) is 4.90 Å². The molecule has 0 unspecified atom stereocenters. The molecular formula is C25H23Cl2N3O4S. The fraction of sp³-hybridized carbons (Fsp3) is 0.240. The minimum atomic E-state index is -4.23. The van der Waals surface area contributed by atoms with E-state index in [1.54, 1.807) is 36.4 Å². The Morgan fingerprint density at radius 2 is 1.51 bits per heavy atom. The average molecular weight is 532 g/mol. The highest BCUT2D eigenvalue weighted by Gasteiger charge is 2.44. The summed E-state index contributed by atoms with van der Waals surface area (Å²) in [5.74, 6) is 0. The molecule has 182 valence electrons. The Labute approximate surface area is 214 Å². The Morgan fingerprint density at radius 3 is 2.23 bits per heavy atom. The van der Waals surface area contributed by atoms with Gasteiger partial charge in [0.2, 0.25) is 0 Å². The molecule has 3 aromatic rings. The van der Waals surface area contributed by atoms with Gasteiger partial charge in [0.1, 0.15) is 4.90 Å². The monoisotopic (exact) mass is 531 g/mol. The molecule has 0 radical (unpaired) electrons. The van der Waals surface area contributed by atoms with E-state index in [0.717, 1.165) is 9.87 Å². The van der Waals surface area contributed by atoms with Crippen LogP contribution >= 0.6 is 23.2 Å². The van der Waals surface area contributed by atoms with Crippen molar-refractivity contribution in [2.75, 3.05) is 36.1 Å². The van der Waals surface area contributed by atoms with Crippen LogP contribution in [0.1, 0.15) is 11.1 Å². The molecule has 0 bridgehead atoms. The number of carbonyl (C=O) groups excluding carboxylic acids is 1. The first-order valence-corrected chi connectivity index (χ1v) is 13.3. The van der Waals surface area contributed by atoms with Crippen molar-refractivity contribution in [3.8, 4) is 0 Å². The summed E-state index contributed by atoms with van der Waals surface area (Å²) in [6.07, 6.45) is 0. The van der Waals surface area contributed by atoms with Crippen LogP contribution in [0.15, 0.2) is 71.6 Å². The second-order valence-electron chi connectivity index (χ2n) is 8.33. The fourth-order valence-corrected chi connectivity index (χ4v) is 6.49. The van der Waals surface area contributed by atoms with Crippen LogP contribution in [0.4, 0.5) is 16.2 Å². The van der Waals surface area contributed by atoms with Crippen molar-refractivity contribution in [1.82, 2.24) is 4.31 Å². The van der Waals surface area contributed by atoms with Crippen LogP contribution in [0.25, 0.3) is 0 Å². The Hall–Kier alpha value is -2.78. The van der Waals surface area contributed by atoms with Crippen molar-refractivity contribution >= 4 is 50.6 Å². The summed E-state index contributed by atoms with van der Waals surface area (Å²) in [5.41, 5.74) is 2.13. The predicted octanol–water partition coefficient (Wildman–Crippen LogP) is 5.16. The molecule has 7 nitrogen and oxygen atoms in total. The zero-order valence-electron chi connectivity index (χ0n) is 18.7. The number of sulfonamides is 1. The van der Waals surface area contributed by atoms with Gasteiger partial charge in [-0.05, 0) is 29.3 Å². The minimum Gasteiger partial charge on any atom is -0.378 e. The molecule has 1 fully saturated rings. The van der Waals surface area contributed by atoms with Crippen LogP contribution in [0, 0.1) is 0 Å². The lowest BCUT2D eigenvalue weighted by Crippen LogP contribution is -2.50. The van der Waals surface area contributed by atoms with E-state index in [4.69, 9.17) is 27.9 Å². The van der Waals surface area contributed by atoms with E-state index in [0.29, 0.717) is 47.6 Å². The summed E-state index contributed by atoms with van der Waals surface area (Å²) in [7, 11) is -4.23. The molecule has 5 rings (SSSR count). The topological polar surface area (TPSA) is 70.2 Å². The summed E-state index contributed by atoms with van der Waals surface area (Å²) in [5, 5.41) is 0.742. The van der Waals surface area contributed by atoms with E-state index < -0.39 is 16.1 Å². The Kier molecular flexibility index (Phi) is 6.63. The number of fused-ring (bicyclic) bond motifs is 1. The standard InChI is InChI=1S/C25H23Cl2N3O4S/c26-20-14-22(28-10-12-34-13-11-28)24-23(15-20)29(16-18-6-2-1-3-7-18)25(31)30(35(24,32)33)17-19-8-4-5-9-21(19)27/h1-9,14-15H,10-13,16-17H2. The van der Waals surface area contributed by atoms with Gasteiger partial charge in [-0.1, -0.05) is 71.7 Å². The van der Waals surface area contributed by atoms with E-state index in [9.17, 15) is 13.2 Å². The minimum absolute atomic E-state index is 0.0615. The summed E-state index contributed by atoms with van der Waals surface area (Å²) >= 11 is 12.8. The van der Waals surface area contributed by atoms with Gasteiger partial charge in [0.15, 0.2) is 0 Å². The van der Waals surface area contributed by atoms with Crippen molar-refractivity contribution in [3.05, 3.63) is 87.9 Å². The third-order valence-corrected chi connectivity index (χ3v) is 8.49. The van der Waals surface area contributed by atoms with Gasteiger partial charge in [-0.3, -0.25) is 4.90 Å². The number of urea groups is 1. The first kappa shape index (κ1) is 23.9. The highest BCUT2D eigenvalue weighted by molar-refractivity contribution is 7.90. The maximum atomic E-state index is 14.0. The highest BCUT2D eigenvalue weighted by atomic mass is 35.5. The average Bonchev–Trinajstić information content (AvgIpc) is 2.86. The molecule has 2 amide bonds. The number of ether oxygens (including phenoxy) is 1. The normalized spacial score (nSPS) is 17.4. The number of hydrogen-bond donors (Lipinski definition) is 0. The lowest BCUT2D eigenvalue weighted by atomic mass is 10.1. The van der Waals surface area contributed by atoms with Gasteiger partial charge in [0.05, 0.1) is 37.7 Å². The summed E-state index contributed by atoms with van der Waals surface area (Å²) in [6, 6.07) is 18.9. The number of benzene rings is 3. The number of rotatable bonds is 5. The van der Waals surface area contributed by atoms with Crippen molar-refractivity contribution in [2.45, 2.75) is 18.0 Å². The maximum absolute atomic E-state index is 14.0. The first-order chi connectivity index (χ1) is 16.9. The molecule has 0 saturated carbocycles. The molecule has 0 aliphatic carbocycles. The third-order valence-electron chi connectivity index (χ3n) is 6.10. The number of nitrogens with zero attached hydrogens (tertiary/aromatic N) is 3. The maximum Gasteiger partial charge on any atom is 0.339 e. The van der Waals surface area contributed by atoms with Crippen molar-refractivity contribution in [3.63, 3.8) is 0 Å². The number of hydrogen-bond acceptors (Lipinski definition) is 5. The number of morpholine rings is 1. The van der Waals surface area contributed by atoms with Crippen molar-refractivity contribution < 1.29 is 17.9 Å². The van der Waals surface area contributed by atoms with Gasteiger partial charge in [-0.2, -0.15) is 0 Å². The van der Waals surface area contributed by atoms with Crippen LogP contribution in [0.3, 0.4) is 0 Å². The Bertz CT molecular complexity index is 1360. The SMILES string of the molecule is O=C1N(Cc2ccccc2)c2cc(Cl)cc(N3CCOCC3)c2S(=O)(=O)N1Cc1ccccc1Cl. The smallest absolute Gasteiger partial charge is 0.339 e. The van der Waals surface area contributed by atoms with Gasteiger partial charge in [-0.15, -0.1) is 0 Å². The zero-order valence-corrected chi connectivity index (χ0v) is 21.1. The summed E-state index contributed by atoms with van der Waals surface area (Å²) < 4.78 is 34.4. The molecule has 0 N–H and O–H groups in total. The molecule has 35 heavy (non-hydrogen) atoms. The van der Waals surface area contributed by atoms with Gasteiger partial charge >= 0.3 is 6.03 Å². The molecule has 10 heteroatoms. The zero-order chi connectivity index (χ0) is 24.6. The van der Waals surface area contributed by atoms with E-state index in [1.807, 2.05) is 35.2 Å². The third kappa shape index (κ3) is 4.59. The van der Waals surface area contributed by atoms with Crippen LogP contribution in [0.5, 0.6) is 0 Å². The number of anilines is 2. The molecule has 1 saturated heterocycles. The first-order valence-electron chi connectivity index (χ1n) is 11.1. The van der Waals surface area contributed by atoms with Crippen LogP contribution in [-0.4, -0.2) is 45.1 Å². The lowest BCUT2D eigenvalue weighted by Gasteiger charge is -2.39. The molecule has 0 aromatic heterocycles. The number of amides is 2. The molecule has 2 aliphatic heterocycles. The Balaban J connectivity index is 1.68. The van der Waals surface area contributed by atoms with Gasteiger partial charge in [-0.25, -0.2) is 17.5 Å². The van der Waals surface area contributed by atoms with Crippen LogP contribution in [-0.2, 0) is 27.8 Å². The van der Waals surface area contributed by atoms with Crippen LogP contribution < -0.4 is 9.80 Å². The van der Waals surface area contributed by atoms with E-state index in [-0.39, 0.29) is 23.7 Å². The quantitative estimate of drug-likeness (QED) is 0.454. The van der Waals surface area contributed by atoms with Gasteiger partial charge in [0, 0.05) is 23.1 Å². The highest BCUT2D eigenvalue weighted by Crippen LogP contribution is 2.44. The number of halogens is 2. The fourth-order valence-electron chi connectivity index (χ4n) is 4.37. The second kappa shape index (κ2) is 9.70. The summed E-state index contributed by atoms with van der Waals surface area (Å²) in [4.78, 5) is 17.2. The van der Waals surface area contributed by atoms with Crippen molar-refractivity contribution in [2.24, 2.45) is 0 Å². The molecule has 0 spiro atoms. The largest absolute Gasteiger partial charge is 0.378 e. The molecule has 2 heterocycles. The van der Waals surface area contributed by atoms with Gasteiger partial charge in [0.25, 0.3) is 10.0 Å². The Morgan fingerprint density at radius 1 is 0.857 bits per heavy atom. The summed E-state index contributed by atoms with van der Waals surface area (Å²) in [6.45, 7) is 1.97. The van der Waals surface area contributed by atoms with E-state index >= 15 is 0 Å². The molecule has 3 aromatic carbocycles. The van der Waals surface area contributed by atoms with Crippen molar-refractivity contribution in [1.29, 1.82) is 0 Å². The van der Waals surface area contributed by atoms with E-state index in [2.05, 4.69) is 0 Å². The molecule has 2 aliphatic rings. The van der Waals surface area contributed by atoms with Crippen LogP contribution in [0.2, 0.25) is 10.0 Å². The predicted molar refractivity (Wildman–Crippen MR) is 137 cm³/mol. The molecule has 0 atom stereocenters. The second-order valence-corrected chi connectivity index (χ2v) is 11.0. The number of carbonyl (C=O) groups is 1. The molecular weight excluding hydrogens is 509 g/mol. The lowest BCUT2D eigenvalue weighted by molar-refractivity contribution is 0.122.